The van der Waals surface area contributed by atoms with Crippen LogP contribution in [0.2, 0.25) is 0 Å². The highest BCUT2D eigenvalue weighted by Crippen LogP contribution is 2.13. The second-order valence-electron chi connectivity index (χ2n) is 7.60. The Labute approximate surface area is 191 Å². The zero-order chi connectivity index (χ0) is 21.8. The van der Waals surface area contributed by atoms with Gasteiger partial charge in [-0.15, -0.1) is 0 Å². The lowest BCUT2D eigenvalue weighted by Gasteiger charge is -2.03. The van der Waals surface area contributed by atoms with E-state index < -0.39 is 0 Å². The predicted molar refractivity (Wildman–Crippen MR) is 137 cm³/mol. The zero-order valence-corrected chi connectivity index (χ0v) is 18.1. The quantitative estimate of drug-likeness (QED) is 0.287. The van der Waals surface area contributed by atoms with Crippen LogP contribution in [0.25, 0.3) is 12.2 Å². The second kappa shape index (κ2) is 11.3. The molecule has 0 heteroatoms. The first-order chi connectivity index (χ1) is 15.9. The van der Waals surface area contributed by atoms with Gasteiger partial charge in [0.25, 0.3) is 0 Å². The summed E-state index contributed by atoms with van der Waals surface area (Å²) in [5.74, 6) is 6.84. The summed E-state index contributed by atoms with van der Waals surface area (Å²) in [5, 5.41) is 0. The SMILES string of the molecule is C(#Cc1ccccc1C/C=C/c1ccccc1)c1ccccc1C/C=C/c1ccccc1. The van der Waals surface area contributed by atoms with E-state index in [0.717, 1.165) is 24.0 Å². The zero-order valence-electron chi connectivity index (χ0n) is 18.1. The predicted octanol–water partition coefficient (Wildman–Crippen LogP) is 7.60. The number of rotatable bonds is 6. The molecule has 0 saturated carbocycles. The fraction of sp³-hybridized carbons (Fsp3) is 0.0625. The average Bonchev–Trinajstić information content (AvgIpc) is 2.85. The minimum Gasteiger partial charge on any atom is -0.0795 e. The molecule has 0 fully saturated rings. The summed E-state index contributed by atoms with van der Waals surface area (Å²) in [6.45, 7) is 0. The molecule has 0 atom stereocenters. The molecule has 32 heavy (non-hydrogen) atoms. The molecule has 0 unspecified atom stereocenters. The topological polar surface area (TPSA) is 0 Å². The van der Waals surface area contributed by atoms with Crippen molar-refractivity contribution in [2.45, 2.75) is 12.8 Å². The Hall–Kier alpha value is -4.08. The fourth-order valence-corrected chi connectivity index (χ4v) is 3.55. The van der Waals surface area contributed by atoms with Crippen molar-refractivity contribution in [2.75, 3.05) is 0 Å². The maximum atomic E-state index is 3.42. The van der Waals surface area contributed by atoms with Crippen molar-refractivity contribution >= 4 is 12.2 Å². The molecule has 0 aliphatic rings. The molecule has 0 radical (unpaired) electrons. The summed E-state index contributed by atoms with van der Waals surface area (Å²) >= 11 is 0. The van der Waals surface area contributed by atoms with Gasteiger partial charge in [0.1, 0.15) is 0 Å². The Bertz CT molecular complexity index is 1150. The number of benzene rings is 4. The van der Waals surface area contributed by atoms with Gasteiger partial charge in [0.05, 0.1) is 0 Å². The van der Waals surface area contributed by atoms with Crippen molar-refractivity contribution in [1.29, 1.82) is 0 Å². The third-order valence-corrected chi connectivity index (χ3v) is 5.26. The molecule has 0 heterocycles. The molecule has 0 spiro atoms. The van der Waals surface area contributed by atoms with Crippen LogP contribution in [0.1, 0.15) is 33.4 Å². The summed E-state index contributed by atoms with van der Waals surface area (Å²) in [5.41, 5.74) is 7.09. The third kappa shape index (κ3) is 6.21. The van der Waals surface area contributed by atoms with E-state index in [0.29, 0.717) is 0 Å². The average molecular weight is 411 g/mol. The van der Waals surface area contributed by atoms with Crippen LogP contribution in [-0.4, -0.2) is 0 Å². The molecule has 0 nitrogen and oxygen atoms in total. The minimum atomic E-state index is 0.862. The van der Waals surface area contributed by atoms with Crippen LogP contribution in [0.3, 0.4) is 0 Å². The molecule has 4 aromatic rings. The van der Waals surface area contributed by atoms with E-state index in [1.54, 1.807) is 0 Å². The first-order valence-corrected chi connectivity index (χ1v) is 11.0. The summed E-state index contributed by atoms with van der Waals surface area (Å²) in [4.78, 5) is 0. The number of allylic oxidation sites excluding steroid dienone is 2. The van der Waals surface area contributed by atoms with Gasteiger partial charge < -0.3 is 0 Å². The Morgan fingerprint density at radius 1 is 0.438 bits per heavy atom. The van der Waals surface area contributed by atoms with Gasteiger partial charge in [0.2, 0.25) is 0 Å². The molecule has 4 rings (SSSR count). The van der Waals surface area contributed by atoms with E-state index in [9.17, 15) is 0 Å². The molecule has 0 aromatic heterocycles. The lowest BCUT2D eigenvalue weighted by Crippen LogP contribution is -1.90. The van der Waals surface area contributed by atoms with E-state index in [1.807, 2.05) is 12.1 Å². The summed E-state index contributed by atoms with van der Waals surface area (Å²) < 4.78 is 0. The van der Waals surface area contributed by atoms with Gasteiger partial charge in [-0.1, -0.05) is 133 Å². The molecule has 0 amide bonds. The Morgan fingerprint density at radius 3 is 1.25 bits per heavy atom. The minimum absolute atomic E-state index is 0.862. The van der Waals surface area contributed by atoms with E-state index in [2.05, 4.69) is 133 Å². The van der Waals surface area contributed by atoms with Gasteiger partial charge in [0, 0.05) is 11.1 Å². The van der Waals surface area contributed by atoms with Gasteiger partial charge >= 0.3 is 0 Å². The van der Waals surface area contributed by atoms with Crippen LogP contribution < -0.4 is 0 Å². The molecule has 0 aliphatic heterocycles. The molecule has 0 bridgehead atoms. The van der Waals surface area contributed by atoms with Gasteiger partial charge in [-0.3, -0.25) is 0 Å². The van der Waals surface area contributed by atoms with Crippen LogP contribution in [-0.2, 0) is 12.8 Å². The summed E-state index contributed by atoms with van der Waals surface area (Å²) in [6, 6.07) is 37.6. The molecule has 0 saturated heterocycles. The van der Waals surface area contributed by atoms with Crippen molar-refractivity contribution in [1.82, 2.24) is 0 Å². The van der Waals surface area contributed by atoms with Crippen LogP contribution in [0.5, 0.6) is 0 Å². The summed E-state index contributed by atoms with van der Waals surface area (Å²) in [7, 11) is 0. The smallest absolute Gasteiger partial charge is 0.0284 e. The maximum absolute atomic E-state index is 3.42. The van der Waals surface area contributed by atoms with Crippen LogP contribution >= 0.6 is 0 Å². The maximum Gasteiger partial charge on any atom is 0.0284 e. The Morgan fingerprint density at radius 2 is 0.812 bits per heavy atom. The third-order valence-electron chi connectivity index (χ3n) is 5.26. The molecular weight excluding hydrogens is 384 g/mol. The van der Waals surface area contributed by atoms with Gasteiger partial charge in [-0.25, -0.2) is 0 Å². The second-order valence-corrected chi connectivity index (χ2v) is 7.60. The van der Waals surface area contributed by atoms with Crippen molar-refractivity contribution in [3.8, 4) is 11.8 Å². The first kappa shape index (κ1) is 21.2. The van der Waals surface area contributed by atoms with Crippen molar-refractivity contribution in [3.63, 3.8) is 0 Å². The highest BCUT2D eigenvalue weighted by molar-refractivity contribution is 5.54. The largest absolute Gasteiger partial charge is 0.0795 e. The Balaban J connectivity index is 1.49. The van der Waals surface area contributed by atoms with Gasteiger partial charge in [-0.05, 0) is 47.2 Å². The molecule has 0 N–H and O–H groups in total. The van der Waals surface area contributed by atoms with E-state index in [1.165, 1.54) is 22.3 Å². The molecular formula is C32H26. The molecule has 4 aromatic carbocycles. The van der Waals surface area contributed by atoms with Gasteiger partial charge in [-0.2, -0.15) is 0 Å². The van der Waals surface area contributed by atoms with Crippen LogP contribution in [0.15, 0.2) is 121 Å². The fourth-order valence-electron chi connectivity index (χ4n) is 3.55. The Kier molecular flexibility index (Phi) is 7.51. The van der Waals surface area contributed by atoms with Crippen molar-refractivity contribution < 1.29 is 0 Å². The van der Waals surface area contributed by atoms with E-state index in [4.69, 9.17) is 0 Å². The van der Waals surface area contributed by atoms with E-state index in [-0.39, 0.29) is 0 Å². The van der Waals surface area contributed by atoms with Gasteiger partial charge in [0.15, 0.2) is 0 Å². The number of hydrogen-bond acceptors (Lipinski definition) is 0. The van der Waals surface area contributed by atoms with Crippen molar-refractivity contribution in [3.05, 3.63) is 155 Å². The normalized spacial score (nSPS) is 10.9. The van der Waals surface area contributed by atoms with Crippen molar-refractivity contribution in [2.24, 2.45) is 0 Å². The standard InChI is InChI=1S/C32H26/c1-3-13-27(14-4-1)17-11-23-29-19-7-9-21-31(29)25-26-32-22-10-8-20-30(32)24-12-18-28-15-5-2-6-16-28/h1-22H,23-24H2/b17-11+,18-12+. The van der Waals surface area contributed by atoms with Crippen LogP contribution in [0, 0.1) is 11.8 Å². The molecule has 0 aliphatic carbocycles. The molecule has 154 valence electrons. The highest BCUT2D eigenvalue weighted by atomic mass is 14.0. The van der Waals surface area contributed by atoms with Crippen LogP contribution in [0.4, 0.5) is 0 Å². The highest BCUT2D eigenvalue weighted by Gasteiger charge is 1.99. The summed E-state index contributed by atoms with van der Waals surface area (Å²) in [6.07, 6.45) is 10.5. The lowest BCUT2D eigenvalue weighted by atomic mass is 10.0. The lowest BCUT2D eigenvalue weighted by molar-refractivity contribution is 1.25. The number of hydrogen-bond donors (Lipinski definition) is 0. The monoisotopic (exact) mass is 410 g/mol. The van der Waals surface area contributed by atoms with E-state index >= 15 is 0 Å². The first-order valence-electron chi connectivity index (χ1n) is 11.0.